The Balaban J connectivity index is 2.30. The Bertz CT molecular complexity index is 264. The van der Waals surface area contributed by atoms with Crippen LogP contribution >= 0.6 is 0 Å². The molecule has 1 rings (SSSR count). The third kappa shape index (κ3) is 4.47. The van der Waals surface area contributed by atoms with Crippen LogP contribution in [0, 0.1) is 0 Å². The predicted octanol–water partition coefficient (Wildman–Crippen LogP) is 1.08. The van der Waals surface area contributed by atoms with E-state index >= 15 is 0 Å². The minimum Gasteiger partial charge on any atom is -0.354 e. The number of carbonyl (C=O) groups is 2. The standard InChI is InChI=1S/C12H20N2O2/c1-2-3-8-13-11(15)10-14-9-6-4-5-7-12(14)16/h2H,1,3-10H2,(H,13,15). The highest BCUT2D eigenvalue weighted by molar-refractivity contribution is 5.84. The van der Waals surface area contributed by atoms with Gasteiger partial charge in [-0.1, -0.05) is 12.5 Å². The summed E-state index contributed by atoms with van der Waals surface area (Å²) in [4.78, 5) is 24.8. The summed E-state index contributed by atoms with van der Waals surface area (Å²) in [5, 5.41) is 2.77. The first-order valence-corrected chi connectivity index (χ1v) is 5.89. The molecule has 1 aliphatic rings. The molecule has 0 radical (unpaired) electrons. The lowest BCUT2D eigenvalue weighted by atomic mass is 10.2. The van der Waals surface area contributed by atoms with E-state index in [4.69, 9.17) is 0 Å². The van der Waals surface area contributed by atoms with E-state index in [1.807, 2.05) is 0 Å². The largest absolute Gasteiger partial charge is 0.354 e. The number of rotatable bonds is 5. The third-order valence-corrected chi connectivity index (χ3v) is 2.68. The Morgan fingerprint density at radius 3 is 3.00 bits per heavy atom. The highest BCUT2D eigenvalue weighted by Crippen LogP contribution is 2.10. The van der Waals surface area contributed by atoms with Crippen molar-refractivity contribution < 1.29 is 9.59 Å². The van der Waals surface area contributed by atoms with Crippen molar-refractivity contribution in [2.75, 3.05) is 19.6 Å². The van der Waals surface area contributed by atoms with Crippen molar-refractivity contribution in [1.82, 2.24) is 10.2 Å². The fourth-order valence-electron chi connectivity index (χ4n) is 1.75. The van der Waals surface area contributed by atoms with Gasteiger partial charge in [0.2, 0.25) is 11.8 Å². The van der Waals surface area contributed by atoms with E-state index in [9.17, 15) is 9.59 Å². The summed E-state index contributed by atoms with van der Waals surface area (Å²) in [5.74, 6) is 0.0356. The molecule has 2 amide bonds. The van der Waals surface area contributed by atoms with Gasteiger partial charge in [-0.25, -0.2) is 0 Å². The highest BCUT2D eigenvalue weighted by Gasteiger charge is 2.18. The summed E-state index contributed by atoms with van der Waals surface area (Å²) in [6.45, 7) is 5.10. The van der Waals surface area contributed by atoms with Crippen molar-refractivity contribution in [3.63, 3.8) is 0 Å². The Morgan fingerprint density at radius 2 is 2.25 bits per heavy atom. The van der Waals surface area contributed by atoms with Gasteiger partial charge in [0.25, 0.3) is 0 Å². The zero-order valence-electron chi connectivity index (χ0n) is 9.71. The molecule has 1 heterocycles. The molecule has 0 spiro atoms. The summed E-state index contributed by atoms with van der Waals surface area (Å²) >= 11 is 0. The van der Waals surface area contributed by atoms with E-state index in [2.05, 4.69) is 11.9 Å². The van der Waals surface area contributed by atoms with Gasteiger partial charge in [-0.05, 0) is 19.3 Å². The molecule has 1 N–H and O–H groups in total. The van der Waals surface area contributed by atoms with Crippen LogP contribution in [0.1, 0.15) is 32.1 Å². The van der Waals surface area contributed by atoms with E-state index in [1.54, 1.807) is 11.0 Å². The van der Waals surface area contributed by atoms with Gasteiger partial charge in [-0.15, -0.1) is 6.58 Å². The van der Waals surface area contributed by atoms with Crippen molar-refractivity contribution in [3.8, 4) is 0 Å². The van der Waals surface area contributed by atoms with Crippen molar-refractivity contribution in [3.05, 3.63) is 12.7 Å². The number of nitrogens with one attached hydrogen (secondary N) is 1. The first-order valence-electron chi connectivity index (χ1n) is 5.89. The van der Waals surface area contributed by atoms with Crippen molar-refractivity contribution >= 4 is 11.8 Å². The molecule has 0 saturated carbocycles. The second-order valence-electron chi connectivity index (χ2n) is 4.05. The predicted molar refractivity (Wildman–Crippen MR) is 62.9 cm³/mol. The van der Waals surface area contributed by atoms with E-state index in [-0.39, 0.29) is 18.4 Å². The molecule has 1 fully saturated rings. The van der Waals surface area contributed by atoms with Crippen LogP contribution in [-0.4, -0.2) is 36.3 Å². The van der Waals surface area contributed by atoms with Gasteiger partial charge >= 0.3 is 0 Å². The van der Waals surface area contributed by atoms with E-state index < -0.39 is 0 Å². The Hall–Kier alpha value is -1.32. The highest BCUT2D eigenvalue weighted by atomic mass is 16.2. The smallest absolute Gasteiger partial charge is 0.239 e. The quantitative estimate of drug-likeness (QED) is 0.561. The van der Waals surface area contributed by atoms with Gasteiger partial charge in [0.05, 0.1) is 6.54 Å². The number of amides is 2. The fraction of sp³-hybridized carbons (Fsp3) is 0.667. The minimum atomic E-state index is -0.0721. The third-order valence-electron chi connectivity index (χ3n) is 2.68. The molecule has 90 valence electrons. The number of nitrogens with zero attached hydrogens (tertiary/aromatic N) is 1. The van der Waals surface area contributed by atoms with Gasteiger partial charge in [0, 0.05) is 19.5 Å². The number of likely N-dealkylation sites (tertiary alicyclic amines) is 1. The van der Waals surface area contributed by atoms with Gasteiger partial charge in [-0.3, -0.25) is 9.59 Å². The number of hydrogen-bond acceptors (Lipinski definition) is 2. The Kier molecular flexibility index (Phi) is 5.61. The fourth-order valence-corrected chi connectivity index (χ4v) is 1.75. The summed E-state index contributed by atoms with van der Waals surface area (Å²) < 4.78 is 0. The molecule has 4 nitrogen and oxygen atoms in total. The first-order chi connectivity index (χ1) is 7.74. The first kappa shape index (κ1) is 12.7. The van der Waals surface area contributed by atoms with Gasteiger partial charge < -0.3 is 10.2 Å². The molecule has 0 aromatic heterocycles. The van der Waals surface area contributed by atoms with E-state index in [0.717, 1.165) is 25.7 Å². The van der Waals surface area contributed by atoms with Crippen molar-refractivity contribution in [2.45, 2.75) is 32.1 Å². The molecule has 1 aliphatic heterocycles. The maximum atomic E-state index is 11.6. The molecule has 0 aliphatic carbocycles. The minimum absolute atomic E-state index is 0.0721. The monoisotopic (exact) mass is 224 g/mol. The van der Waals surface area contributed by atoms with Crippen LogP contribution < -0.4 is 5.32 Å². The van der Waals surface area contributed by atoms with Crippen LogP contribution in [0.5, 0.6) is 0 Å². The Labute approximate surface area is 96.7 Å². The summed E-state index contributed by atoms with van der Waals surface area (Å²) in [6, 6.07) is 0. The average Bonchev–Trinajstić information content (AvgIpc) is 2.45. The molecule has 0 aromatic carbocycles. The van der Waals surface area contributed by atoms with Crippen LogP contribution in [0.2, 0.25) is 0 Å². The van der Waals surface area contributed by atoms with Gasteiger partial charge in [0.1, 0.15) is 0 Å². The summed E-state index contributed by atoms with van der Waals surface area (Å²) in [5.41, 5.74) is 0. The number of carbonyl (C=O) groups excluding carboxylic acids is 2. The van der Waals surface area contributed by atoms with E-state index in [1.165, 1.54) is 0 Å². The molecule has 0 bridgehead atoms. The molecular weight excluding hydrogens is 204 g/mol. The maximum Gasteiger partial charge on any atom is 0.239 e. The van der Waals surface area contributed by atoms with Crippen LogP contribution in [0.4, 0.5) is 0 Å². The van der Waals surface area contributed by atoms with Crippen LogP contribution in [0.15, 0.2) is 12.7 Å². The molecule has 1 saturated heterocycles. The second kappa shape index (κ2) is 7.04. The lowest BCUT2D eigenvalue weighted by Gasteiger charge is -2.19. The molecule has 0 aromatic rings. The van der Waals surface area contributed by atoms with Gasteiger partial charge in [-0.2, -0.15) is 0 Å². The maximum absolute atomic E-state index is 11.6. The van der Waals surface area contributed by atoms with Crippen LogP contribution in [-0.2, 0) is 9.59 Å². The normalized spacial score (nSPS) is 16.8. The summed E-state index contributed by atoms with van der Waals surface area (Å²) in [6.07, 6.45) is 6.15. The van der Waals surface area contributed by atoms with Crippen molar-refractivity contribution in [2.24, 2.45) is 0 Å². The SMILES string of the molecule is C=CCCNC(=O)CN1CCCCCC1=O. The van der Waals surface area contributed by atoms with Crippen LogP contribution in [0.3, 0.4) is 0 Å². The van der Waals surface area contributed by atoms with Crippen molar-refractivity contribution in [1.29, 1.82) is 0 Å². The lowest BCUT2D eigenvalue weighted by Crippen LogP contribution is -2.40. The zero-order valence-corrected chi connectivity index (χ0v) is 9.71. The zero-order chi connectivity index (χ0) is 11.8. The second-order valence-corrected chi connectivity index (χ2v) is 4.05. The van der Waals surface area contributed by atoms with E-state index in [0.29, 0.717) is 19.5 Å². The average molecular weight is 224 g/mol. The molecule has 4 heteroatoms. The topological polar surface area (TPSA) is 49.4 Å². The Morgan fingerprint density at radius 1 is 1.44 bits per heavy atom. The number of hydrogen-bond donors (Lipinski definition) is 1. The molecular formula is C12H20N2O2. The lowest BCUT2D eigenvalue weighted by molar-refractivity contribution is -0.135. The summed E-state index contributed by atoms with van der Waals surface area (Å²) in [7, 11) is 0. The molecule has 16 heavy (non-hydrogen) atoms. The van der Waals surface area contributed by atoms with Crippen LogP contribution in [0.25, 0.3) is 0 Å². The molecule has 0 atom stereocenters. The molecule has 0 unspecified atom stereocenters. The van der Waals surface area contributed by atoms with Gasteiger partial charge in [0.15, 0.2) is 0 Å².